The summed E-state index contributed by atoms with van der Waals surface area (Å²) >= 11 is 0. The van der Waals surface area contributed by atoms with Crippen LogP contribution in [-0.4, -0.2) is 15.7 Å². The average Bonchev–Trinajstić information content (AvgIpc) is 3.11. The van der Waals surface area contributed by atoms with E-state index in [9.17, 15) is 22.4 Å². The number of nitrogens with two attached hydrogens (primary N) is 1. The number of primary amides is 1. The first-order valence-electron chi connectivity index (χ1n) is 7.70. The summed E-state index contributed by atoms with van der Waals surface area (Å²) in [6, 6.07) is 6.07. The van der Waals surface area contributed by atoms with Crippen molar-refractivity contribution >= 4 is 5.91 Å². The van der Waals surface area contributed by atoms with Crippen molar-refractivity contribution in [3.05, 3.63) is 71.3 Å². The van der Waals surface area contributed by atoms with Crippen molar-refractivity contribution in [3.63, 3.8) is 0 Å². The molecule has 2 N–H and O–H groups in total. The van der Waals surface area contributed by atoms with Crippen molar-refractivity contribution in [3.8, 4) is 11.8 Å². The second-order valence-electron chi connectivity index (χ2n) is 5.95. The van der Waals surface area contributed by atoms with Gasteiger partial charge < -0.3 is 5.73 Å². The van der Waals surface area contributed by atoms with Crippen LogP contribution in [0.5, 0.6) is 0 Å². The fraction of sp³-hybridized carbons (Fsp3) is 0.167. The van der Waals surface area contributed by atoms with Crippen molar-refractivity contribution in [2.24, 2.45) is 5.73 Å². The monoisotopic (exact) mass is 376 g/mol. The fourth-order valence-corrected chi connectivity index (χ4v) is 2.83. The van der Waals surface area contributed by atoms with Crippen molar-refractivity contribution in [1.82, 2.24) is 9.78 Å². The Morgan fingerprint density at radius 3 is 2.63 bits per heavy atom. The number of alkyl halides is 3. The van der Waals surface area contributed by atoms with E-state index < -0.39 is 34.5 Å². The van der Waals surface area contributed by atoms with Gasteiger partial charge in [0.15, 0.2) is 0 Å². The van der Waals surface area contributed by atoms with E-state index in [1.54, 1.807) is 0 Å². The van der Waals surface area contributed by atoms with E-state index in [1.807, 2.05) is 0 Å². The number of aromatic nitrogens is 2. The van der Waals surface area contributed by atoms with Crippen LogP contribution >= 0.6 is 0 Å². The summed E-state index contributed by atoms with van der Waals surface area (Å²) in [5.41, 5.74) is 2.70. The highest BCUT2D eigenvalue weighted by Crippen LogP contribution is 2.35. The van der Waals surface area contributed by atoms with Crippen LogP contribution in [0.1, 0.15) is 23.2 Å². The van der Waals surface area contributed by atoms with Crippen molar-refractivity contribution in [2.75, 3.05) is 0 Å². The quantitative estimate of drug-likeness (QED) is 0.834. The second kappa shape index (κ2) is 6.39. The number of carbonyl (C=O) groups excluding carboxylic acids is 1. The van der Waals surface area contributed by atoms with E-state index in [0.717, 1.165) is 22.9 Å². The highest BCUT2D eigenvalue weighted by atomic mass is 19.4. The fourth-order valence-electron chi connectivity index (χ4n) is 2.83. The molecule has 5 nitrogen and oxygen atoms in total. The molecule has 2 aromatic rings. The van der Waals surface area contributed by atoms with Gasteiger partial charge in [-0.05, 0) is 42.8 Å². The van der Waals surface area contributed by atoms with Gasteiger partial charge in [0, 0.05) is 6.20 Å². The Kier molecular flexibility index (Phi) is 4.35. The summed E-state index contributed by atoms with van der Waals surface area (Å²) in [4.78, 5) is 12.0. The molecule has 27 heavy (non-hydrogen) atoms. The standard InChI is InChI=1S/C18H12F4N4O/c19-12-3-6-17(7-4-12,16(24)27)15-5-8-26(25-15)13-2-1-11(10-23)14(9-13)18(20,21)22/h1-6,8-9H,7H2,(H2,24,27). The van der Waals surface area contributed by atoms with Crippen molar-refractivity contribution in [2.45, 2.75) is 18.0 Å². The first kappa shape index (κ1) is 18.4. The summed E-state index contributed by atoms with van der Waals surface area (Å²) in [6.45, 7) is 0. The molecule has 1 unspecified atom stereocenters. The van der Waals surface area contributed by atoms with E-state index in [1.165, 1.54) is 36.6 Å². The summed E-state index contributed by atoms with van der Waals surface area (Å²) in [7, 11) is 0. The van der Waals surface area contributed by atoms with Gasteiger partial charge in [-0.3, -0.25) is 4.79 Å². The molecular weight excluding hydrogens is 364 g/mol. The number of amides is 1. The molecule has 0 bridgehead atoms. The van der Waals surface area contributed by atoms with Gasteiger partial charge in [0.1, 0.15) is 11.2 Å². The number of benzene rings is 1. The molecule has 0 fully saturated rings. The van der Waals surface area contributed by atoms with Gasteiger partial charge in [-0.25, -0.2) is 9.07 Å². The summed E-state index contributed by atoms with van der Waals surface area (Å²) in [5.74, 6) is -1.28. The molecule has 1 aromatic carbocycles. The number of carbonyl (C=O) groups is 1. The number of allylic oxidation sites excluding steroid dienone is 3. The summed E-state index contributed by atoms with van der Waals surface area (Å²) in [6.07, 6.45) is 0.175. The van der Waals surface area contributed by atoms with E-state index in [-0.39, 0.29) is 17.8 Å². The highest BCUT2D eigenvalue weighted by Gasteiger charge is 2.39. The van der Waals surface area contributed by atoms with E-state index in [4.69, 9.17) is 11.0 Å². The summed E-state index contributed by atoms with van der Waals surface area (Å²) in [5, 5.41) is 13.0. The Morgan fingerprint density at radius 2 is 2.07 bits per heavy atom. The lowest BCUT2D eigenvalue weighted by Gasteiger charge is -2.25. The SMILES string of the molecule is N#Cc1ccc(-n2ccc(C3(C(N)=O)C=CC(F)=CC3)n2)cc1C(F)(F)F. The Morgan fingerprint density at radius 1 is 1.33 bits per heavy atom. The van der Waals surface area contributed by atoms with Crippen LogP contribution in [0.25, 0.3) is 5.69 Å². The smallest absolute Gasteiger partial charge is 0.369 e. The molecule has 0 aliphatic heterocycles. The van der Waals surface area contributed by atoms with Gasteiger partial charge in [-0.2, -0.15) is 23.5 Å². The average molecular weight is 376 g/mol. The minimum atomic E-state index is -4.71. The molecule has 0 radical (unpaired) electrons. The second-order valence-corrected chi connectivity index (χ2v) is 5.95. The van der Waals surface area contributed by atoms with Crippen molar-refractivity contribution < 1.29 is 22.4 Å². The number of halogens is 4. The molecule has 1 aromatic heterocycles. The first-order valence-corrected chi connectivity index (χ1v) is 7.70. The highest BCUT2D eigenvalue weighted by molar-refractivity contribution is 5.89. The van der Waals surface area contributed by atoms with Gasteiger partial charge in [0.05, 0.1) is 28.6 Å². The topological polar surface area (TPSA) is 84.7 Å². The predicted octanol–water partition coefficient (Wildman–Crippen LogP) is 3.30. The van der Waals surface area contributed by atoms with Gasteiger partial charge in [0.25, 0.3) is 0 Å². The lowest BCUT2D eigenvalue weighted by Crippen LogP contribution is -2.40. The lowest BCUT2D eigenvalue weighted by molar-refractivity contribution is -0.137. The molecular formula is C18H12F4N4O. The first-order chi connectivity index (χ1) is 12.7. The van der Waals surface area contributed by atoms with Crippen LogP contribution in [0.15, 0.2) is 54.5 Å². The van der Waals surface area contributed by atoms with E-state index >= 15 is 0 Å². The normalized spacial score (nSPS) is 19.4. The Hall–Kier alpha value is -3.41. The minimum absolute atomic E-state index is 0.0497. The van der Waals surface area contributed by atoms with Crippen LogP contribution in [0.3, 0.4) is 0 Å². The Bertz CT molecular complexity index is 1010. The molecule has 1 aliphatic carbocycles. The van der Waals surface area contributed by atoms with Crippen LogP contribution < -0.4 is 5.73 Å². The maximum atomic E-state index is 13.3. The third kappa shape index (κ3) is 3.21. The van der Waals surface area contributed by atoms with E-state index in [2.05, 4.69) is 5.10 Å². The lowest BCUT2D eigenvalue weighted by atomic mass is 9.78. The third-order valence-electron chi connectivity index (χ3n) is 4.33. The number of rotatable bonds is 3. The summed E-state index contributed by atoms with van der Waals surface area (Å²) < 4.78 is 53.8. The van der Waals surface area contributed by atoms with E-state index in [0.29, 0.717) is 0 Å². The largest absolute Gasteiger partial charge is 0.417 e. The maximum Gasteiger partial charge on any atom is 0.417 e. The third-order valence-corrected chi connectivity index (χ3v) is 4.33. The van der Waals surface area contributed by atoms with Crippen LogP contribution in [0.4, 0.5) is 17.6 Å². The molecule has 3 rings (SSSR count). The number of hydrogen-bond acceptors (Lipinski definition) is 3. The minimum Gasteiger partial charge on any atom is -0.369 e. The Labute approximate surface area is 151 Å². The molecule has 1 amide bonds. The molecule has 0 saturated carbocycles. The molecule has 0 saturated heterocycles. The predicted molar refractivity (Wildman–Crippen MR) is 87.1 cm³/mol. The molecule has 0 spiro atoms. The molecule has 1 heterocycles. The van der Waals surface area contributed by atoms with Gasteiger partial charge in [0.2, 0.25) is 5.91 Å². The van der Waals surface area contributed by atoms with Gasteiger partial charge in [-0.1, -0.05) is 6.08 Å². The number of nitriles is 1. The zero-order valence-electron chi connectivity index (χ0n) is 13.7. The molecule has 1 aliphatic rings. The van der Waals surface area contributed by atoms with Crippen LogP contribution in [-0.2, 0) is 16.4 Å². The number of hydrogen-bond donors (Lipinski definition) is 1. The van der Waals surface area contributed by atoms with Gasteiger partial charge in [-0.15, -0.1) is 0 Å². The molecule has 9 heteroatoms. The zero-order valence-corrected chi connectivity index (χ0v) is 13.7. The van der Waals surface area contributed by atoms with Crippen molar-refractivity contribution in [1.29, 1.82) is 5.26 Å². The van der Waals surface area contributed by atoms with Gasteiger partial charge >= 0.3 is 6.18 Å². The number of nitrogens with zero attached hydrogens (tertiary/aromatic N) is 3. The zero-order chi connectivity index (χ0) is 19.8. The molecule has 138 valence electrons. The molecule has 1 atom stereocenters. The maximum absolute atomic E-state index is 13.3. The Balaban J connectivity index is 2.05. The van der Waals surface area contributed by atoms with Crippen LogP contribution in [0, 0.1) is 11.3 Å². The van der Waals surface area contributed by atoms with Crippen LogP contribution in [0.2, 0.25) is 0 Å².